The van der Waals surface area contributed by atoms with Crippen LogP contribution in [0.15, 0.2) is 18.2 Å². The summed E-state index contributed by atoms with van der Waals surface area (Å²) in [5.41, 5.74) is 0.830. The van der Waals surface area contributed by atoms with E-state index in [2.05, 4.69) is 24.1 Å². The van der Waals surface area contributed by atoms with E-state index in [4.69, 9.17) is 4.74 Å². The fourth-order valence-corrected chi connectivity index (χ4v) is 1.43. The van der Waals surface area contributed by atoms with Crippen molar-refractivity contribution in [1.82, 2.24) is 5.32 Å². The molecule has 0 radical (unpaired) electrons. The Morgan fingerprint density at radius 2 is 2.24 bits per heavy atom. The Morgan fingerprint density at radius 3 is 2.94 bits per heavy atom. The van der Waals surface area contributed by atoms with Crippen molar-refractivity contribution in [2.24, 2.45) is 0 Å². The number of para-hydroxylation sites is 1. The molecular weight excluding hydrogens is 217 g/mol. The van der Waals surface area contributed by atoms with Gasteiger partial charge in [0.25, 0.3) is 0 Å². The van der Waals surface area contributed by atoms with Gasteiger partial charge in [0, 0.05) is 12.1 Å². The van der Waals surface area contributed by atoms with E-state index in [-0.39, 0.29) is 12.4 Å². The quantitative estimate of drug-likeness (QED) is 0.604. The van der Waals surface area contributed by atoms with Gasteiger partial charge in [0.1, 0.15) is 6.61 Å². The summed E-state index contributed by atoms with van der Waals surface area (Å²) in [7, 11) is 0. The lowest BCUT2D eigenvalue weighted by atomic mass is 10.2. The number of hydrogen-bond donors (Lipinski definition) is 1. The zero-order valence-electron chi connectivity index (χ0n) is 10.3. The summed E-state index contributed by atoms with van der Waals surface area (Å²) >= 11 is 0. The maximum Gasteiger partial charge on any atom is 0.165 e. The zero-order valence-corrected chi connectivity index (χ0v) is 10.3. The van der Waals surface area contributed by atoms with Gasteiger partial charge in [-0.1, -0.05) is 25.0 Å². The number of rotatable bonds is 6. The Balaban J connectivity index is 2.71. The minimum Gasteiger partial charge on any atom is -0.478 e. The van der Waals surface area contributed by atoms with Crippen LogP contribution >= 0.6 is 0 Å². The van der Waals surface area contributed by atoms with Crippen LogP contribution in [-0.4, -0.2) is 13.2 Å². The zero-order chi connectivity index (χ0) is 12.5. The van der Waals surface area contributed by atoms with E-state index in [0.29, 0.717) is 12.3 Å². The Kier molecular flexibility index (Phi) is 6.13. The summed E-state index contributed by atoms with van der Waals surface area (Å²) in [6, 6.07) is 4.95. The van der Waals surface area contributed by atoms with Crippen LogP contribution in [-0.2, 0) is 6.54 Å². The van der Waals surface area contributed by atoms with Crippen LogP contribution in [0.3, 0.4) is 0 Å². The summed E-state index contributed by atoms with van der Waals surface area (Å²) in [6.45, 7) is 5.56. The van der Waals surface area contributed by atoms with E-state index in [1.54, 1.807) is 13.0 Å². The number of nitrogens with one attached hydrogen (secondary N) is 1. The van der Waals surface area contributed by atoms with Crippen LogP contribution in [0.4, 0.5) is 4.39 Å². The van der Waals surface area contributed by atoms with Crippen molar-refractivity contribution >= 4 is 0 Å². The third-order valence-electron chi connectivity index (χ3n) is 2.26. The second-order valence-electron chi connectivity index (χ2n) is 3.62. The Morgan fingerprint density at radius 1 is 1.41 bits per heavy atom. The Bertz CT molecular complexity index is 406. The second-order valence-corrected chi connectivity index (χ2v) is 3.62. The largest absolute Gasteiger partial charge is 0.478 e. The number of ether oxygens (including phenoxy) is 1. The molecule has 0 aliphatic rings. The van der Waals surface area contributed by atoms with Crippen molar-refractivity contribution in [3.05, 3.63) is 29.6 Å². The third-order valence-corrected chi connectivity index (χ3v) is 2.26. The van der Waals surface area contributed by atoms with Crippen LogP contribution in [0.5, 0.6) is 5.75 Å². The molecular formula is C14H18FNO. The van der Waals surface area contributed by atoms with Gasteiger partial charge in [-0.25, -0.2) is 4.39 Å². The topological polar surface area (TPSA) is 21.3 Å². The first-order valence-corrected chi connectivity index (χ1v) is 5.80. The third kappa shape index (κ3) is 4.46. The highest BCUT2D eigenvalue weighted by Crippen LogP contribution is 2.22. The molecule has 92 valence electrons. The van der Waals surface area contributed by atoms with Gasteiger partial charge in [-0.05, 0) is 26.0 Å². The first-order chi connectivity index (χ1) is 8.29. The summed E-state index contributed by atoms with van der Waals surface area (Å²) in [5, 5.41) is 3.23. The highest BCUT2D eigenvalue weighted by atomic mass is 19.1. The minimum absolute atomic E-state index is 0.220. The molecule has 0 saturated carbocycles. The molecule has 0 spiro atoms. The normalized spacial score (nSPS) is 9.59. The molecule has 2 nitrogen and oxygen atoms in total. The molecule has 1 aromatic carbocycles. The van der Waals surface area contributed by atoms with E-state index >= 15 is 0 Å². The van der Waals surface area contributed by atoms with E-state index < -0.39 is 0 Å². The van der Waals surface area contributed by atoms with Crippen LogP contribution in [0.2, 0.25) is 0 Å². The van der Waals surface area contributed by atoms with Gasteiger partial charge >= 0.3 is 0 Å². The van der Waals surface area contributed by atoms with E-state index in [0.717, 1.165) is 18.5 Å². The van der Waals surface area contributed by atoms with E-state index in [9.17, 15) is 4.39 Å². The first kappa shape index (κ1) is 13.5. The van der Waals surface area contributed by atoms with Crippen molar-refractivity contribution in [1.29, 1.82) is 0 Å². The lowest BCUT2D eigenvalue weighted by molar-refractivity contribution is 0.342. The van der Waals surface area contributed by atoms with Crippen molar-refractivity contribution < 1.29 is 9.13 Å². The fraction of sp³-hybridized carbons (Fsp3) is 0.429. The molecule has 17 heavy (non-hydrogen) atoms. The van der Waals surface area contributed by atoms with Crippen molar-refractivity contribution in [2.75, 3.05) is 13.2 Å². The van der Waals surface area contributed by atoms with Crippen LogP contribution < -0.4 is 10.1 Å². The molecule has 1 N–H and O–H groups in total. The predicted molar refractivity (Wildman–Crippen MR) is 67.3 cm³/mol. The molecule has 0 aromatic heterocycles. The molecule has 0 fully saturated rings. The summed E-state index contributed by atoms with van der Waals surface area (Å²) in [6.07, 6.45) is 1.05. The lowest BCUT2D eigenvalue weighted by Crippen LogP contribution is -2.15. The van der Waals surface area contributed by atoms with Gasteiger partial charge in [-0.15, -0.1) is 5.92 Å². The van der Waals surface area contributed by atoms with Gasteiger partial charge in [-0.2, -0.15) is 0 Å². The average Bonchev–Trinajstić information content (AvgIpc) is 2.33. The number of hydrogen-bond acceptors (Lipinski definition) is 2. The Hall–Kier alpha value is -1.53. The van der Waals surface area contributed by atoms with Gasteiger partial charge in [0.05, 0.1) is 0 Å². The highest BCUT2D eigenvalue weighted by Gasteiger charge is 2.08. The molecule has 0 aliphatic carbocycles. The molecule has 0 bridgehead atoms. The standard InChI is InChI=1S/C14H18FNO/c1-3-5-10-17-14-12(11-16-9-4-2)7-6-8-13(14)15/h6-8,16H,4,9-11H2,1-2H3. The number of halogens is 1. The number of benzene rings is 1. The average molecular weight is 235 g/mol. The molecule has 0 amide bonds. The monoisotopic (exact) mass is 235 g/mol. The smallest absolute Gasteiger partial charge is 0.165 e. The fourth-order valence-electron chi connectivity index (χ4n) is 1.43. The first-order valence-electron chi connectivity index (χ1n) is 5.80. The van der Waals surface area contributed by atoms with Crippen molar-refractivity contribution in [3.63, 3.8) is 0 Å². The minimum atomic E-state index is -0.335. The molecule has 0 unspecified atom stereocenters. The maximum absolute atomic E-state index is 13.6. The van der Waals surface area contributed by atoms with Crippen molar-refractivity contribution in [3.8, 4) is 17.6 Å². The molecule has 0 heterocycles. The summed E-state index contributed by atoms with van der Waals surface area (Å²) in [4.78, 5) is 0. The van der Waals surface area contributed by atoms with Gasteiger partial charge < -0.3 is 10.1 Å². The SMILES string of the molecule is CC#CCOc1c(F)cccc1CNCCC. The molecule has 0 aliphatic heterocycles. The van der Waals surface area contributed by atoms with E-state index in [1.807, 2.05) is 6.07 Å². The Labute approximate surface area is 102 Å². The molecule has 1 rings (SSSR count). The summed E-state index contributed by atoms with van der Waals surface area (Å²) in [5.74, 6) is 5.45. The van der Waals surface area contributed by atoms with Crippen LogP contribution in [0, 0.1) is 17.7 Å². The molecule has 0 saturated heterocycles. The van der Waals surface area contributed by atoms with Gasteiger partial charge in [-0.3, -0.25) is 0 Å². The van der Waals surface area contributed by atoms with E-state index in [1.165, 1.54) is 6.07 Å². The molecule has 3 heteroatoms. The van der Waals surface area contributed by atoms with Crippen molar-refractivity contribution in [2.45, 2.75) is 26.8 Å². The van der Waals surface area contributed by atoms with Crippen LogP contribution in [0.1, 0.15) is 25.8 Å². The maximum atomic E-state index is 13.6. The molecule has 0 atom stereocenters. The lowest BCUT2D eigenvalue weighted by Gasteiger charge is -2.11. The highest BCUT2D eigenvalue weighted by molar-refractivity contribution is 5.35. The summed E-state index contributed by atoms with van der Waals surface area (Å²) < 4.78 is 18.9. The predicted octanol–water partition coefficient (Wildman–Crippen LogP) is 2.73. The van der Waals surface area contributed by atoms with Crippen LogP contribution in [0.25, 0.3) is 0 Å². The second kappa shape index (κ2) is 7.70. The molecule has 1 aromatic rings. The van der Waals surface area contributed by atoms with Gasteiger partial charge in [0.2, 0.25) is 0 Å². The van der Waals surface area contributed by atoms with Gasteiger partial charge in [0.15, 0.2) is 11.6 Å².